The molecule has 0 heterocycles. The maximum atomic E-state index is 11.9. The molecule has 0 bridgehead atoms. The number of alkyl halides is 2. The van der Waals surface area contributed by atoms with Crippen molar-refractivity contribution in [1.82, 2.24) is 0 Å². The van der Waals surface area contributed by atoms with Gasteiger partial charge < -0.3 is 4.74 Å². The van der Waals surface area contributed by atoms with Gasteiger partial charge in [0.15, 0.2) is 0 Å². The summed E-state index contributed by atoms with van der Waals surface area (Å²) < 4.78 is 28.9. The van der Waals surface area contributed by atoms with Gasteiger partial charge in [-0.05, 0) is 25.0 Å². The summed E-state index contributed by atoms with van der Waals surface area (Å²) in [5.41, 5.74) is 0. The van der Waals surface area contributed by atoms with E-state index < -0.39 is 6.43 Å². The van der Waals surface area contributed by atoms with Gasteiger partial charge in [0.2, 0.25) is 6.43 Å². The van der Waals surface area contributed by atoms with E-state index in [-0.39, 0.29) is 12.4 Å². The molecular formula is C15H28F2O2S. The van der Waals surface area contributed by atoms with Crippen LogP contribution in [0.4, 0.5) is 8.78 Å². The van der Waals surface area contributed by atoms with E-state index in [1.165, 1.54) is 0 Å². The minimum absolute atomic E-state index is 0.0289. The third-order valence-corrected chi connectivity index (χ3v) is 3.97. The summed E-state index contributed by atoms with van der Waals surface area (Å²) in [7, 11) is 0. The first-order chi connectivity index (χ1) is 9.66. The molecule has 0 aliphatic carbocycles. The van der Waals surface area contributed by atoms with E-state index in [0.29, 0.717) is 19.4 Å². The summed E-state index contributed by atoms with van der Waals surface area (Å²) >= 11 is 1.76. The van der Waals surface area contributed by atoms with Crippen molar-refractivity contribution in [1.29, 1.82) is 0 Å². The Morgan fingerprint density at radius 1 is 1.05 bits per heavy atom. The lowest BCUT2D eigenvalue weighted by Gasteiger charge is -2.05. The van der Waals surface area contributed by atoms with Gasteiger partial charge in [0.05, 0.1) is 0 Å². The lowest BCUT2D eigenvalue weighted by Crippen LogP contribution is -2.07. The Balaban J connectivity index is 3.11. The van der Waals surface area contributed by atoms with Crippen molar-refractivity contribution >= 4 is 17.7 Å². The second kappa shape index (κ2) is 15.1. The van der Waals surface area contributed by atoms with E-state index in [2.05, 4.69) is 6.92 Å². The topological polar surface area (TPSA) is 26.3 Å². The zero-order chi connectivity index (χ0) is 15.1. The van der Waals surface area contributed by atoms with E-state index in [1.807, 2.05) is 0 Å². The molecule has 0 rings (SSSR count). The quantitative estimate of drug-likeness (QED) is 0.331. The average molecular weight is 310 g/mol. The minimum atomic E-state index is -2.16. The van der Waals surface area contributed by atoms with Gasteiger partial charge in [0.25, 0.3) is 0 Å². The Morgan fingerprint density at radius 2 is 1.80 bits per heavy atom. The molecule has 20 heavy (non-hydrogen) atoms. The van der Waals surface area contributed by atoms with Crippen molar-refractivity contribution in [2.75, 3.05) is 18.1 Å². The first-order valence-corrected chi connectivity index (χ1v) is 8.83. The van der Waals surface area contributed by atoms with Crippen molar-refractivity contribution in [2.45, 2.75) is 71.1 Å². The van der Waals surface area contributed by atoms with Crippen LogP contribution in [0, 0.1) is 0 Å². The maximum Gasteiger partial charge on any atom is 0.305 e. The second-order valence-electron chi connectivity index (χ2n) is 4.88. The van der Waals surface area contributed by atoms with E-state index in [0.717, 1.165) is 50.0 Å². The first kappa shape index (κ1) is 19.7. The first-order valence-electron chi connectivity index (χ1n) is 7.68. The number of ether oxygens (including phenoxy) is 1. The summed E-state index contributed by atoms with van der Waals surface area (Å²) in [4.78, 5) is 11.3. The predicted octanol–water partition coefficient (Wildman–Crippen LogP) is 5.06. The van der Waals surface area contributed by atoms with Crippen molar-refractivity contribution < 1.29 is 18.3 Å². The summed E-state index contributed by atoms with van der Waals surface area (Å²) in [6, 6.07) is 0. The van der Waals surface area contributed by atoms with Gasteiger partial charge in [-0.25, -0.2) is 8.78 Å². The van der Waals surface area contributed by atoms with Crippen LogP contribution >= 0.6 is 11.8 Å². The normalized spacial score (nSPS) is 11.0. The minimum Gasteiger partial charge on any atom is -0.465 e. The molecule has 0 aromatic rings. The zero-order valence-electron chi connectivity index (χ0n) is 12.5. The van der Waals surface area contributed by atoms with Gasteiger partial charge in [-0.2, -0.15) is 11.8 Å². The third kappa shape index (κ3) is 15.7. The highest BCUT2D eigenvalue weighted by Gasteiger charge is 2.02. The van der Waals surface area contributed by atoms with Crippen molar-refractivity contribution in [2.24, 2.45) is 0 Å². The molecule has 0 amide bonds. The molecular weight excluding hydrogens is 282 g/mol. The van der Waals surface area contributed by atoms with Crippen LogP contribution in [0.3, 0.4) is 0 Å². The number of rotatable bonds is 14. The zero-order valence-corrected chi connectivity index (χ0v) is 13.4. The van der Waals surface area contributed by atoms with Crippen molar-refractivity contribution in [3.05, 3.63) is 0 Å². The van der Waals surface area contributed by atoms with E-state index in [9.17, 15) is 13.6 Å². The molecule has 0 fully saturated rings. The lowest BCUT2D eigenvalue weighted by molar-refractivity contribution is -0.143. The largest absolute Gasteiger partial charge is 0.465 e. The van der Waals surface area contributed by atoms with Crippen molar-refractivity contribution in [3.8, 4) is 0 Å². The molecule has 0 spiro atoms. The van der Waals surface area contributed by atoms with Crippen LogP contribution in [0.25, 0.3) is 0 Å². The third-order valence-electron chi connectivity index (χ3n) is 2.94. The summed E-state index contributed by atoms with van der Waals surface area (Å²) in [5, 5.41) is 0. The van der Waals surface area contributed by atoms with E-state index >= 15 is 0 Å². The monoisotopic (exact) mass is 310 g/mol. The fourth-order valence-electron chi connectivity index (χ4n) is 1.76. The number of carbonyl (C=O) groups is 1. The van der Waals surface area contributed by atoms with Crippen LogP contribution in [0.2, 0.25) is 0 Å². The Morgan fingerprint density at radius 3 is 2.50 bits per heavy atom. The summed E-state index contributed by atoms with van der Waals surface area (Å²) in [6.07, 6.45) is 5.08. The molecule has 0 N–H and O–H groups in total. The Kier molecular flexibility index (Phi) is 14.8. The molecule has 0 atom stereocenters. The highest BCUT2D eigenvalue weighted by atomic mass is 32.2. The van der Waals surface area contributed by atoms with Gasteiger partial charge in [0.1, 0.15) is 6.61 Å². The molecule has 0 saturated carbocycles. The molecule has 0 unspecified atom stereocenters. The molecule has 0 radical (unpaired) electrons. The number of thioether (sulfide) groups is 1. The van der Waals surface area contributed by atoms with Gasteiger partial charge in [-0.1, -0.05) is 32.6 Å². The summed E-state index contributed by atoms with van der Waals surface area (Å²) in [6.45, 7) is 2.59. The Bertz CT molecular complexity index is 226. The van der Waals surface area contributed by atoms with Crippen LogP contribution in [-0.2, 0) is 9.53 Å². The molecule has 0 aliphatic rings. The molecule has 2 nitrogen and oxygen atoms in total. The average Bonchev–Trinajstić information content (AvgIpc) is 2.41. The van der Waals surface area contributed by atoms with Gasteiger partial charge >= 0.3 is 5.97 Å². The number of halogens is 2. The Labute approximate surface area is 126 Å². The van der Waals surface area contributed by atoms with E-state index in [4.69, 9.17) is 4.74 Å². The molecule has 120 valence electrons. The molecule has 5 heteroatoms. The van der Waals surface area contributed by atoms with Crippen LogP contribution in [-0.4, -0.2) is 30.5 Å². The molecule has 0 aromatic carbocycles. The van der Waals surface area contributed by atoms with Crippen LogP contribution in [0.5, 0.6) is 0 Å². The summed E-state index contributed by atoms with van der Waals surface area (Å²) in [5.74, 6) is 1.75. The number of unbranched alkanes of at least 4 members (excludes halogenated alkanes) is 5. The fourth-order valence-corrected chi connectivity index (χ4v) is 2.58. The standard InChI is InChI=1S/C15H28F2O2S/c1-2-3-6-10-15(18)19-11-13-20-12-8-5-4-7-9-14(16)17/h14H,2-13H2,1H3. The predicted molar refractivity (Wildman–Crippen MR) is 81.5 cm³/mol. The molecule has 0 aliphatic heterocycles. The maximum absolute atomic E-state index is 11.9. The number of esters is 1. The van der Waals surface area contributed by atoms with Crippen LogP contribution in [0.1, 0.15) is 64.7 Å². The fraction of sp³-hybridized carbons (Fsp3) is 0.933. The van der Waals surface area contributed by atoms with Gasteiger partial charge in [-0.3, -0.25) is 4.79 Å². The van der Waals surface area contributed by atoms with Crippen LogP contribution < -0.4 is 0 Å². The lowest BCUT2D eigenvalue weighted by atomic mass is 10.2. The van der Waals surface area contributed by atoms with Gasteiger partial charge in [-0.15, -0.1) is 0 Å². The van der Waals surface area contributed by atoms with Gasteiger partial charge in [0, 0.05) is 18.6 Å². The second-order valence-corrected chi connectivity index (χ2v) is 6.11. The van der Waals surface area contributed by atoms with Crippen molar-refractivity contribution in [3.63, 3.8) is 0 Å². The highest BCUT2D eigenvalue weighted by Crippen LogP contribution is 2.11. The SMILES string of the molecule is CCCCCC(=O)OCCSCCCCCCC(F)F. The highest BCUT2D eigenvalue weighted by molar-refractivity contribution is 7.99. The van der Waals surface area contributed by atoms with E-state index in [1.54, 1.807) is 11.8 Å². The van der Waals surface area contributed by atoms with Crippen LogP contribution in [0.15, 0.2) is 0 Å². The number of hydrogen-bond donors (Lipinski definition) is 0. The number of hydrogen-bond acceptors (Lipinski definition) is 3. The number of carbonyl (C=O) groups excluding carboxylic acids is 1. The molecule has 0 saturated heterocycles. The Hall–Kier alpha value is -0.320. The smallest absolute Gasteiger partial charge is 0.305 e. The molecule has 0 aromatic heterocycles.